The number of phenols is 1. The summed E-state index contributed by atoms with van der Waals surface area (Å²) in [6.45, 7) is 1.78. The summed E-state index contributed by atoms with van der Waals surface area (Å²) in [5.41, 5.74) is 8.14. The second-order valence-corrected chi connectivity index (χ2v) is 4.78. The lowest BCUT2D eigenvalue weighted by molar-refractivity contribution is 0.442. The smallest absolute Gasteiger partial charge is 0.115 e. The largest absolute Gasteiger partial charge is 0.508 e. The predicted molar refractivity (Wildman–Crippen MR) is 70.1 cm³/mol. The Morgan fingerprint density at radius 1 is 1.35 bits per heavy atom. The van der Waals surface area contributed by atoms with Gasteiger partial charge in [0.2, 0.25) is 0 Å². The minimum Gasteiger partial charge on any atom is -0.508 e. The van der Waals surface area contributed by atoms with E-state index in [0.29, 0.717) is 11.8 Å². The molecule has 1 aromatic rings. The van der Waals surface area contributed by atoms with E-state index in [0.717, 1.165) is 32.4 Å². The maximum atomic E-state index is 9.57. The van der Waals surface area contributed by atoms with E-state index in [1.807, 2.05) is 6.07 Å². The number of nitrogens with two attached hydrogens (primary N) is 1. The lowest BCUT2D eigenvalue weighted by atomic mass is 9.87. The van der Waals surface area contributed by atoms with Crippen LogP contribution < -0.4 is 11.1 Å². The zero-order valence-electron chi connectivity index (χ0n) is 10.3. The molecule has 0 bridgehead atoms. The fourth-order valence-electron chi connectivity index (χ4n) is 2.54. The number of nitrogens with one attached hydrogen (secondary N) is 1. The van der Waals surface area contributed by atoms with Crippen molar-refractivity contribution in [3.63, 3.8) is 0 Å². The molecule has 0 radical (unpaired) electrons. The standard InChI is InChI=1S/C14H22N2O/c15-8-1-2-9-16-14-5-3-4-11-6-7-12(17)10-13(11)14/h6-7,10,14,16-17H,1-5,8-9,15H2. The highest BCUT2D eigenvalue weighted by atomic mass is 16.3. The Labute approximate surface area is 103 Å². The molecule has 4 N–H and O–H groups in total. The first-order chi connectivity index (χ1) is 8.31. The van der Waals surface area contributed by atoms with E-state index in [1.165, 1.54) is 24.0 Å². The van der Waals surface area contributed by atoms with Crippen molar-refractivity contribution in [2.75, 3.05) is 13.1 Å². The molecule has 1 aromatic carbocycles. The van der Waals surface area contributed by atoms with Crippen molar-refractivity contribution >= 4 is 0 Å². The number of benzene rings is 1. The van der Waals surface area contributed by atoms with Crippen LogP contribution >= 0.6 is 0 Å². The van der Waals surface area contributed by atoms with Crippen molar-refractivity contribution in [2.24, 2.45) is 5.73 Å². The minimum atomic E-state index is 0.374. The van der Waals surface area contributed by atoms with E-state index in [-0.39, 0.29) is 0 Å². The molecule has 0 aliphatic heterocycles. The normalized spacial score (nSPS) is 19.0. The molecule has 17 heavy (non-hydrogen) atoms. The van der Waals surface area contributed by atoms with Crippen molar-refractivity contribution in [1.29, 1.82) is 0 Å². The highest BCUT2D eigenvalue weighted by molar-refractivity contribution is 5.38. The van der Waals surface area contributed by atoms with E-state index in [1.54, 1.807) is 6.07 Å². The van der Waals surface area contributed by atoms with E-state index in [4.69, 9.17) is 5.73 Å². The van der Waals surface area contributed by atoms with Gasteiger partial charge in [-0.1, -0.05) is 6.07 Å². The highest BCUT2D eigenvalue weighted by Gasteiger charge is 2.19. The quantitative estimate of drug-likeness (QED) is 0.684. The zero-order chi connectivity index (χ0) is 12.1. The maximum absolute atomic E-state index is 9.57. The zero-order valence-corrected chi connectivity index (χ0v) is 10.3. The lowest BCUT2D eigenvalue weighted by Gasteiger charge is -2.26. The van der Waals surface area contributed by atoms with Gasteiger partial charge in [-0.05, 0) is 68.5 Å². The molecule has 1 aliphatic carbocycles. The summed E-state index contributed by atoms with van der Waals surface area (Å²) in [4.78, 5) is 0. The van der Waals surface area contributed by atoms with Gasteiger partial charge in [0.15, 0.2) is 0 Å². The van der Waals surface area contributed by atoms with Gasteiger partial charge in [0.1, 0.15) is 5.75 Å². The Balaban J connectivity index is 1.98. The Kier molecular flexibility index (Phi) is 4.40. The van der Waals surface area contributed by atoms with Crippen molar-refractivity contribution in [3.05, 3.63) is 29.3 Å². The monoisotopic (exact) mass is 234 g/mol. The minimum absolute atomic E-state index is 0.374. The summed E-state index contributed by atoms with van der Waals surface area (Å²) in [6, 6.07) is 6.16. The molecular formula is C14H22N2O. The van der Waals surface area contributed by atoms with Gasteiger partial charge in [0.25, 0.3) is 0 Å². The van der Waals surface area contributed by atoms with Crippen LogP contribution in [0.25, 0.3) is 0 Å². The van der Waals surface area contributed by atoms with Crippen LogP contribution in [0.3, 0.4) is 0 Å². The summed E-state index contributed by atoms with van der Waals surface area (Å²) in [7, 11) is 0. The van der Waals surface area contributed by atoms with Gasteiger partial charge in [-0.3, -0.25) is 0 Å². The molecule has 0 saturated heterocycles. The summed E-state index contributed by atoms with van der Waals surface area (Å²) in [6.07, 6.45) is 5.73. The summed E-state index contributed by atoms with van der Waals surface area (Å²) < 4.78 is 0. The van der Waals surface area contributed by atoms with Crippen LogP contribution in [0.1, 0.15) is 42.9 Å². The third kappa shape index (κ3) is 3.20. The number of hydrogen-bond acceptors (Lipinski definition) is 3. The molecule has 0 fully saturated rings. The lowest BCUT2D eigenvalue weighted by Crippen LogP contribution is -2.26. The van der Waals surface area contributed by atoms with Crippen molar-refractivity contribution < 1.29 is 5.11 Å². The van der Waals surface area contributed by atoms with Gasteiger partial charge in [0, 0.05) is 6.04 Å². The van der Waals surface area contributed by atoms with Crippen LogP contribution in [-0.4, -0.2) is 18.2 Å². The van der Waals surface area contributed by atoms with E-state index in [2.05, 4.69) is 11.4 Å². The Hall–Kier alpha value is -1.06. The third-order valence-corrected chi connectivity index (χ3v) is 3.47. The first kappa shape index (κ1) is 12.4. The highest BCUT2D eigenvalue weighted by Crippen LogP contribution is 2.31. The Morgan fingerprint density at radius 2 is 2.24 bits per heavy atom. The van der Waals surface area contributed by atoms with E-state index in [9.17, 15) is 5.11 Å². The van der Waals surface area contributed by atoms with Crippen LogP contribution in [0.5, 0.6) is 5.75 Å². The molecule has 0 heterocycles. The van der Waals surface area contributed by atoms with Gasteiger partial charge in [-0.15, -0.1) is 0 Å². The molecule has 94 valence electrons. The maximum Gasteiger partial charge on any atom is 0.115 e. The van der Waals surface area contributed by atoms with Crippen molar-refractivity contribution in [2.45, 2.75) is 38.1 Å². The van der Waals surface area contributed by atoms with Gasteiger partial charge in [-0.2, -0.15) is 0 Å². The van der Waals surface area contributed by atoms with Crippen LogP contribution in [0.15, 0.2) is 18.2 Å². The second-order valence-electron chi connectivity index (χ2n) is 4.78. The topological polar surface area (TPSA) is 58.3 Å². The van der Waals surface area contributed by atoms with Crippen molar-refractivity contribution in [1.82, 2.24) is 5.32 Å². The van der Waals surface area contributed by atoms with E-state index >= 15 is 0 Å². The van der Waals surface area contributed by atoms with Crippen LogP contribution in [0.2, 0.25) is 0 Å². The second kappa shape index (κ2) is 6.03. The van der Waals surface area contributed by atoms with Crippen LogP contribution in [0.4, 0.5) is 0 Å². The number of hydrogen-bond donors (Lipinski definition) is 3. The molecule has 0 aromatic heterocycles. The SMILES string of the molecule is NCCCCNC1CCCc2ccc(O)cc21. The molecule has 0 spiro atoms. The molecule has 0 amide bonds. The molecule has 2 rings (SSSR count). The molecule has 1 atom stereocenters. The molecule has 1 aliphatic rings. The molecule has 3 heteroatoms. The van der Waals surface area contributed by atoms with E-state index < -0.39 is 0 Å². The van der Waals surface area contributed by atoms with Crippen molar-refractivity contribution in [3.8, 4) is 5.75 Å². The summed E-state index contributed by atoms with van der Waals surface area (Å²) in [5, 5.41) is 13.1. The third-order valence-electron chi connectivity index (χ3n) is 3.47. The average molecular weight is 234 g/mol. The van der Waals surface area contributed by atoms with Gasteiger partial charge < -0.3 is 16.2 Å². The fraction of sp³-hybridized carbons (Fsp3) is 0.571. The molecule has 3 nitrogen and oxygen atoms in total. The number of aromatic hydroxyl groups is 1. The van der Waals surface area contributed by atoms with Gasteiger partial charge in [-0.25, -0.2) is 0 Å². The number of fused-ring (bicyclic) bond motifs is 1. The fourth-order valence-corrected chi connectivity index (χ4v) is 2.54. The first-order valence-electron chi connectivity index (χ1n) is 6.56. The summed E-state index contributed by atoms with van der Waals surface area (Å²) in [5.74, 6) is 0.374. The molecular weight excluding hydrogens is 212 g/mol. The Morgan fingerprint density at radius 3 is 3.06 bits per heavy atom. The molecule has 1 unspecified atom stereocenters. The van der Waals surface area contributed by atoms with Crippen LogP contribution in [0, 0.1) is 0 Å². The number of unbranched alkanes of at least 4 members (excludes halogenated alkanes) is 1. The number of rotatable bonds is 5. The number of phenolic OH excluding ortho intramolecular Hbond substituents is 1. The first-order valence-corrected chi connectivity index (χ1v) is 6.56. The average Bonchev–Trinajstić information content (AvgIpc) is 2.35. The Bertz CT molecular complexity index is 365. The van der Waals surface area contributed by atoms with Crippen LogP contribution in [-0.2, 0) is 6.42 Å². The predicted octanol–water partition coefficient (Wildman–Crippen LogP) is 2.10. The van der Waals surface area contributed by atoms with Gasteiger partial charge in [0.05, 0.1) is 0 Å². The molecule has 0 saturated carbocycles. The number of aryl methyl sites for hydroxylation is 1. The van der Waals surface area contributed by atoms with Gasteiger partial charge >= 0.3 is 0 Å². The summed E-state index contributed by atoms with van der Waals surface area (Å²) >= 11 is 0.